The van der Waals surface area contributed by atoms with E-state index in [-0.39, 0.29) is 0 Å². The summed E-state index contributed by atoms with van der Waals surface area (Å²) in [6, 6.07) is 2.58. The predicted octanol–water partition coefficient (Wildman–Crippen LogP) is 0.973. The number of rotatable bonds is 2. The van der Waals surface area contributed by atoms with Gasteiger partial charge in [-0.15, -0.1) is 0 Å². The lowest BCUT2D eigenvalue weighted by molar-refractivity contribution is 0.447. The van der Waals surface area contributed by atoms with Crippen LogP contribution >= 0.6 is 0 Å². The van der Waals surface area contributed by atoms with E-state index in [9.17, 15) is 0 Å². The second-order valence-corrected chi connectivity index (χ2v) is 4.04. The van der Waals surface area contributed by atoms with E-state index in [0.717, 1.165) is 24.7 Å². The highest BCUT2D eigenvalue weighted by Crippen LogP contribution is 2.16. The summed E-state index contributed by atoms with van der Waals surface area (Å²) in [5.41, 5.74) is 0. The summed E-state index contributed by atoms with van der Waals surface area (Å²) >= 11 is 0. The molecule has 1 aliphatic rings. The zero-order chi connectivity index (χ0) is 10.7. The van der Waals surface area contributed by atoms with Gasteiger partial charge in [0, 0.05) is 25.3 Å². The number of hydrogen-bond acceptors (Lipinski definition) is 4. The molecule has 15 heavy (non-hydrogen) atoms. The van der Waals surface area contributed by atoms with Crippen molar-refractivity contribution in [2.24, 2.45) is 0 Å². The molecule has 82 valence electrons. The second kappa shape index (κ2) is 4.57. The molecule has 1 aromatic rings. The summed E-state index contributed by atoms with van der Waals surface area (Å²) < 4.78 is 0. The Morgan fingerprint density at radius 1 is 1.53 bits per heavy atom. The topological polar surface area (TPSA) is 41.0 Å². The molecule has 1 saturated heterocycles. The van der Waals surface area contributed by atoms with E-state index in [0.29, 0.717) is 6.04 Å². The fraction of sp³-hybridized carbons (Fsp3) is 0.636. The first kappa shape index (κ1) is 10.4. The molecule has 4 nitrogen and oxygen atoms in total. The SMILES string of the molecule is CNC1CCCN(c2ccnc(C)n2)C1. The zero-order valence-corrected chi connectivity index (χ0v) is 9.40. The van der Waals surface area contributed by atoms with E-state index in [1.54, 1.807) is 0 Å². The first-order chi connectivity index (χ1) is 7.29. The maximum atomic E-state index is 4.45. The highest BCUT2D eigenvalue weighted by atomic mass is 15.2. The molecule has 1 atom stereocenters. The Morgan fingerprint density at radius 3 is 3.13 bits per heavy atom. The van der Waals surface area contributed by atoms with E-state index in [4.69, 9.17) is 0 Å². The quantitative estimate of drug-likeness (QED) is 0.783. The van der Waals surface area contributed by atoms with E-state index in [2.05, 4.69) is 20.2 Å². The van der Waals surface area contributed by atoms with Crippen LogP contribution < -0.4 is 10.2 Å². The largest absolute Gasteiger partial charge is 0.355 e. The summed E-state index contributed by atoms with van der Waals surface area (Å²) in [5, 5.41) is 3.33. The van der Waals surface area contributed by atoms with Gasteiger partial charge in [-0.1, -0.05) is 0 Å². The minimum absolute atomic E-state index is 0.592. The summed E-state index contributed by atoms with van der Waals surface area (Å²) in [7, 11) is 2.03. The number of nitrogens with one attached hydrogen (secondary N) is 1. The van der Waals surface area contributed by atoms with Crippen LogP contribution in [0.3, 0.4) is 0 Å². The van der Waals surface area contributed by atoms with E-state index in [1.807, 2.05) is 26.2 Å². The molecule has 0 amide bonds. The van der Waals surface area contributed by atoms with Crippen molar-refractivity contribution in [2.45, 2.75) is 25.8 Å². The van der Waals surface area contributed by atoms with Crippen molar-refractivity contribution in [3.8, 4) is 0 Å². The standard InChI is InChI=1S/C11H18N4/c1-9-13-6-5-11(14-9)15-7-3-4-10(8-15)12-2/h5-6,10,12H,3-4,7-8H2,1-2H3. The number of hydrogen-bond donors (Lipinski definition) is 1. The molecular formula is C11H18N4. The number of piperidine rings is 1. The second-order valence-electron chi connectivity index (χ2n) is 4.04. The van der Waals surface area contributed by atoms with Gasteiger partial charge < -0.3 is 10.2 Å². The molecule has 0 radical (unpaired) electrons. The van der Waals surface area contributed by atoms with Crippen LogP contribution in [0.15, 0.2) is 12.3 Å². The molecule has 0 saturated carbocycles. The molecule has 4 heteroatoms. The van der Waals surface area contributed by atoms with Crippen LogP contribution in [0.25, 0.3) is 0 Å². The van der Waals surface area contributed by atoms with Gasteiger partial charge >= 0.3 is 0 Å². The van der Waals surface area contributed by atoms with Crippen molar-refractivity contribution in [2.75, 3.05) is 25.0 Å². The van der Waals surface area contributed by atoms with E-state index >= 15 is 0 Å². The fourth-order valence-electron chi connectivity index (χ4n) is 2.04. The summed E-state index contributed by atoms with van der Waals surface area (Å²) in [4.78, 5) is 10.9. The normalized spacial score (nSPS) is 21.7. The molecule has 0 spiro atoms. The minimum Gasteiger partial charge on any atom is -0.355 e. The monoisotopic (exact) mass is 206 g/mol. The van der Waals surface area contributed by atoms with Crippen LogP contribution in [0.4, 0.5) is 5.82 Å². The van der Waals surface area contributed by atoms with Crippen LogP contribution in [-0.4, -0.2) is 36.1 Å². The van der Waals surface area contributed by atoms with Gasteiger partial charge in [-0.05, 0) is 32.9 Å². The van der Waals surface area contributed by atoms with Crippen molar-refractivity contribution in [1.29, 1.82) is 0 Å². The lowest BCUT2D eigenvalue weighted by atomic mass is 10.1. The fourth-order valence-corrected chi connectivity index (χ4v) is 2.04. The average molecular weight is 206 g/mol. The first-order valence-corrected chi connectivity index (χ1v) is 5.51. The number of anilines is 1. The highest BCUT2D eigenvalue weighted by molar-refractivity contribution is 5.38. The average Bonchev–Trinajstić information content (AvgIpc) is 2.29. The Balaban J connectivity index is 2.09. The van der Waals surface area contributed by atoms with Gasteiger partial charge in [0.05, 0.1) is 0 Å². The van der Waals surface area contributed by atoms with Crippen molar-refractivity contribution in [3.05, 3.63) is 18.1 Å². The number of aryl methyl sites for hydroxylation is 1. The Hall–Kier alpha value is -1.16. The molecule has 0 aliphatic carbocycles. The third-order valence-corrected chi connectivity index (χ3v) is 2.91. The number of aromatic nitrogens is 2. The van der Waals surface area contributed by atoms with Gasteiger partial charge in [-0.25, -0.2) is 9.97 Å². The zero-order valence-electron chi connectivity index (χ0n) is 9.40. The van der Waals surface area contributed by atoms with Gasteiger partial charge in [-0.2, -0.15) is 0 Å². The molecule has 0 aromatic carbocycles. The summed E-state index contributed by atoms with van der Waals surface area (Å²) in [6.45, 7) is 4.09. The lowest BCUT2D eigenvalue weighted by Crippen LogP contribution is -2.44. The van der Waals surface area contributed by atoms with E-state index < -0.39 is 0 Å². The van der Waals surface area contributed by atoms with Crippen LogP contribution in [0.5, 0.6) is 0 Å². The summed E-state index contributed by atoms with van der Waals surface area (Å²) in [5.74, 6) is 1.90. The molecule has 1 aliphatic heterocycles. The minimum atomic E-state index is 0.592. The third kappa shape index (κ3) is 2.45. The molecule has 1 unspecified atom stereocenters. The van der Waals surface area contributed by atoms with Crippen LogP contribution in [0.1, 0.15) is 18.7 Å². The molecule has 0 bridgehead atoms. The Bertz CT molecular complexity index is 326. The Labute approximate surface area is 90.7 Å². The molecule has 2 heterocycles. The van der Waals surface area contributed by atoms with Crippen molar-refractivity contribution < 1.29 is 0 Å². The first-order valence-electron chi connectivity index (χ1n) is 5.51. The van der Waals surface area contributed by atoms with Gasteiger partial charge in [0.15, 0.2) is 0 Å². The van der Waals surface area contributed by atoms with Gasteiger partial charge in [0.1, 0.15) is 11.6 Å². The highest BCUT2D eigenvalue weighted by Gasteiger charge is 2.19. The number of likely N-dealkylation sites (N-methyl/N-ethyl adjacent to an activating group) is 1. The molecular weight excluding hydrogens is 188 g/mol. The smallest absolute Gasteiger partial charge is 0.132 e. The maximum Gasteiger partial charge on any atom is 0.132 e. The van der Waals surface area contributed by atoms with Crippen LogP contribution in [0.2, 0.25) is 0 Å². The number of nitrogens with zero attached hydrogens (tertiary/aromatic N) is 3. The van der Waals surface area contributed by atoms with Crippen molar-refractivity contribution in [1.82, 2.24) is 15.3 Å². The lowest BCUT2D eigenvalue weighted by Gasteiger charge is -2.33. The molecule has 1 aromatic heterocycles. The van der Waals surface area contributed by atoms with E-state index in [1.165, 1.54) is 12.8 Å². The maximum absolute atomic E-state index is 4.45. The third-order valence-electron chi connectivity index (χ3n) is 2.91. The Kier molecular flexibility index (Phi) is 3.16. The van der Waals surface area contributed by atoms with Crippen LogP contribution in [-0.2, 0) is 0 Å². The van der Waals surface area contributed by atoms with Crippen molar-refractivity contribution >= 4 is 5.82 Å². The van der Waals surface area contributed by atoms with Gasteiger partial charge in [-0.3, -0.25) is 0 Å². The predicted molar refractivity (Wildman–Crippen MR) is 61.1 cm³/mol. The molecule has 1 N–H and O–H groups in total. The van der Waals surface area contributed by atoms with Gasteiger partial charge in [0.2, 0.25) is 0 Å². The Morgan fingerprint density at radius 2 is 2.40 bits per heavy atom. The van der Waals surface area contributed by atoms with Crippen LogP contribution in [0, 0.1) is 6.92 Å². The molecule has 2 rings (SSSR count). The van der Waals surface area contributed by atoms with Crippen molar-refractivity contribution in [3.63, 3.8) is 0 Å². The van der Waals surface area contributed by atoms with Gasteiger partial charge in [0.25, 0.3) is 0 Å². The molecule has 1 fully saturated rings. The summed E-state index contributed by atoms with van der Waals surface area (Å²) in [6.07, 6.45) is 4.33.